The summed E-state index contributed by atoms with van der Waals surface area (Å²) in [7, 11) is 3.98. The first-order chi connectivity index (χ1) is 6.49. The highest BCUT2D eigenvalue weighted by Crippen LogP contribution is 2.08. The quantitative estimate of drug-likeness (QED) is 0.675. The number of carbonyl (C=O) groups is 1. The Morgan fingerprint density at radius 3 is 2.36 bits per heavy atom. The fraction of sp³-hybridized carbons (Fsp3) is 0.727. The maximum Gasteiger partial charge on any atom is 0.247 e. The van der Waals surface area contributed by atoms with Gasteiger partial charge in [0.25, 0.3) is 0 Å². The number of allylic oxidation sites excluding steroid dienone is 1. The molecule has 0 heterocycles. The molecule has 0 aromatic rings. The van der Waals surface area contributed by atoms with Crippen molar-refractivity contribution in [2.24, 2.45) is 5.92 Å². The zero-order valence-electron chi connectivity index (χ0n) is 9.92. The van der Waals surface area contributed by atoms with Gasteiger partial charge in [0.15, 0.2) is 0 Å². The summed E-state index contributed by atoms with van der Waals surface area (Å²) in [6.45, 7) is 7.54. The molecule has 0 fully saturated rings. The first-order valence-corrected chi connectivity index (χ1v) is 5.08. The van der Waals surface area contributed by atoms with Gasteiger partial charge in [0, 0.05) is 18.7 Å². The number of rotatable bonds is 5. The lowest BCUT2D eigenvalue weighted by molar-refractivity contribution is -0.117. The van der Waals surface area contributed by atoms with Crippen LogP contribution in [0.1, 0.15) is 20.8 Å². The van der Waals surface area contributed by atoms with Gasteiger partial charge < -0.3 is 10.2 Å². The van der Waals surface area contributed by atoms with Crippen LogP contribution in [0.5, 0.6) is 0 Å². The summed E-state index contributed by atoms with van der Waals surface area (Å²) in [5, 5.41) is 2.90. The molecule has 0 saturated heterocycles. The first-order valence-electron chi connectivity index (χ1n) is 5.08. The van der Waals surface area contributed by atoms with Gasteiger partial charge in [-0.3, -0.25) is 4.79 Å². The normalized spacial score (nSPS) is 12.4. The third-order valence-electron chi connectivity index (χ3n) is 2.04. The number of nitrogens with one attached hydrogen (secondary N) is 1. The van der Waals surface area contributed by atoms with Gasteiger partial charge in [-0.2, -0.15) is 0 Å². The third kappa shape index (κ3) is 5.02. The SMILES string of the molecule is C/C=C(/C(=O)NCCN(C)C)C(C)C. The van der Waals surface area contributed by atoms with Crippen LogP contribution in [0.3, 0.4) is 0 Å². The predicted molar refractivity (Wildman–Crippen MR) is 60.2 cm³/mol. The molecular formula is C11H22N2O. The maximum absolute atomic E-state index is 11.6. The highest BCUT2D eigenvalue weighted by Gasteiger charge is 2.10. The Balaban J connectivity index is 3.95. The van der Waals surface area contributed by atoms with Gasteiger partial charge in [0.2, 0.25) is 5.91 Å². The topological polar surface area (TPSA) is 32.3 Å². The zero-order chi connectivity index (χ0) is 11.1. The average molecular weight is 198 g/mol. The number of carbonyl (C=O) groups excluding carboxylic acids is 1. The van der Waals surface area contributed by atoms with E-state index in [1.807, 2.05) is 45.8 Å². The second kappa shape index (κ2) is 6.60. The van der Waals surface area contributed by atoms with Crippen molar-refractivity contribution < 1.29 is 4.79 Å². The average Bonchev–Trinajstić information content (AvgIpc) is 2.03. The van der Waals surface area contributed by atoms with E-state index in [1.54, 1.807) is 0 Å². The van der Waals surface area contributed by atoms with E-state index in [0.717, 1.165) is 12.1 Å². The van der Waals surface area contributed by atoms with Crippen LogP contribution in [0.15, 0.2) is 11.6 Å². The molecule has 82 valence electrons. The van der Waals surface area contributed by atoms with E-state index >= 15 is 0 Å². The van der Waals surface area contributed by atoms with Gasteiger partial charge in [-0.1, -0.05) is 19.9 Å². The summed E-state index contributed by atoms with van der Waals surface area (Å²) >= 11 is 0. The summed E-state index contributed by atoms with van der Waals surface area (Å²) in [6.07, 6.45) is 1.88. The van der Waals surface area contributed by atoms with Crippen molar-refractivity contribution in [2.75, 3.05) is 27.2 Å². The fourth-order valence-electron chi connectivity index (χ4n) is 1.22. The fourth-order valence-corrected chi connectivity index (χ4v) is 1.22. The van der Waals surface area contributed by atoms with Gasteiger partial charge in [-0.05, 0) is 26.9 Å². The standard InChI is InChI=1S/C11H22N2O/c1-6-10(9(2)3)11(14)12-7-8-13(4)5/h6,9H,7-8H2,1-5H3,(H,12,14)/b10-6+. The Labute approximate surface area is 87.2 Å². The molecule has 0 aromatic carbocycles. The molecule has 0 aliphatic heterocycles. The summed E-state index contributed by atoms with van der Waals surface area (Å²) in [4.78, 5) is 13.6. The van der Waals surface area contributed by atoms with E-state index in [-0.39, 0.29) is 5.91 Å². The van der Waals surface area contributed by atoms with Crippen molar-refractivity contribution in [3.05, 3.63) is 11.6 Å². The lowest BCUT2D eigenvalue weighted by atomic mass is 10.0. The second-order valence-corrected chi connectivity index (χ2v) is 3.96. The van der Waals surface area contributed by atoms with E-state index < -0.39 is 0 Å². The highest BCUT2D eigenvalue weighted by atomic mass is 16.1. The molecule has 3 heteroatoms. The molecule has 3 nitrogen and oxygen atoms in total. The van der Waals surface area contributed by atoms with Crippen LogP contribution < -0.4 is 5.32 Å². The predicted octanol–water partition coefficient (Wildman–Crippen LogP) is 1.27. The number of hydrogen-bond donors (Lipinski definition) is 1. The molecule has 0 aliphatic rings. The minimum atomic E-state index is 0.0596. The van der Waals surface area contributed by atoms with Crippen LogP contribution in [0.4, 0.5) is 0 Å². The number of amides is 1. The van der Waals surface area contributed by atoms with Gasteiger partial charge >= 0.3 is 0 Å². The lowest BCUT2D eigenvalue weighted by Crippen LogP contribution is -2.33. The molecule has 0 radical (unpaired) electrons. The Morgan fingerprint density at radius 1 is 1.43 bits per heavy atom. The van der Waals surface area contributed by atoms with Crippen molar-refractivity contribution >= 4 is 5.91 Å². The largest absolute Gasteiger partial charge is 0.351 e. The van der Waals surface area contributed by atoms with Crippen LogP contribution >= 0.6 is 0 Å². The van der Waals surface area contributed by atoms with Crippen LogP contribution in [-0.2, 0) is 4.79 Å². The molecule has 0 bridgehead atoms. The Bertz CT molecular complexity index is 207. The van der Waals surface area contributed by atoms with Crippen molar-refractivity contribution in [2.45, 2.75) is 20.8 Å². The van der Waals surface area contributed by atoms with Gasteiger partial charge in [0.1, 0.15) is 0 Å². The zero-order valence-corrected chi connectivity index (χ0v) is 9.92. The Morgan fingerprint density at radius 2 is 2.00 bits per heavy atom. The van der Waals surface area contributed by atoms with Crippen molar-refractivity contribution in [1.29, 1.82) is 0 Å². The summed E-state index contributed by atoms with van der Waals surface area (Å²) < 4.78 is 0. The molecule has 0 atom stereocenters. The Kier molecular flexibility index (Phi) is 6.21. The van der Waals surface area contributed by atoms with E-state index in [9.17, 15) is 4.79 Å². The van der Waals surface area contributed by atoms with Gasteiger partial charge in [-0.25, -0.2) is 0 Å². The van der Waals surface area contributed by atoms with E-state index in [1.165, 1.54) is 0 Å². The molecule has 0 aliphatic carbocycles. The lowest BCUT2D eigenvalue weighted by Gasteiger charge is -2.13. The minimum absolute atomic E-state index is 0.0596. The molecular weight excluding hydrogens is 176 g/mol. The van der Waals surface area contributed by atoms with Crippen molar-refractivity contribution in [3.8, 4) is 0 Å². The molecule has 0 rings (SSSR count). The second-order valence-electron chi connectivity index (χ2n) is 3.96. The molecule has 0 spiro atoms. The number of hydrogen-bond acceptors (Lipinski definition) is 2. The molecule has 0 saturated carbocycles. The molecule has 0 unspecified atom stereocenters. The monoisotopic (exact) mass is 198 g/mol. The highest BCUT2D eigenvalue weighted by molar-refractivity contribution is 5.93. The molecule has 1 amide bonds. The Hall–Kier alpha value is -0.830. The summed E-state index contributed by atoms with van der Waals surface area (Å²) in [5.74, 6) is 0.351. The van der Waals surface area contributed by atoms with Crippen LogP contribution in [0.2, 0.25) is 0 Å². The van der Waals surface area contributed by atoms with E-state index in [2.05, 4.69) is 5.32 Å². The minimum Gasteiger partial charge on any atom is -0.351 e. The van der Waals surface area contributed by atoms with E-state index in [0.29, 0.717) is 12.5 Å². The third-order valence-corrected chi connectivity index (χ3v) is 2.04. The summed E-state index contributed by atoms with van der Waals surface area (Å²) in [5.41, 5.74) is 0.865. The van der Waals surface area contributed by atoms with Crippen molar-refractivity contribution in [3.63, 3.8) is 0 Å². The summed E-state index contributed by atoms with van der Waals surface area (Å²) in [6, 6.07) is 0. The van der Waals surface area contributed by atoms with Gasteiger partial charge in [0.05, 0.1) is 0 Å². The maximum atomic E-state index is 11.6. The smallest absolute Gasteiger partial charge is 0.247 e. The van der Waals surface area contributed by atoms with Crippen LogP contribution in [0, 0.1) is 5.92 Å². The number of nitrogens with zero attached hydrogens (tertiary/aromatic N) is 1. The number of likely N-dealkylation sites (N-methyl/N-ethyl adjacent to an activating group) is 1. The van der Waals surface area contributed by atoms with Crippen molar-refractivity contribution in [1.82, 2.24) is 10.2 Å². The first kappa shape index (κ1) is 13.2. The van der Waals surface area contributed by atoms with Crippen LogP contribution in [0.25, 0.3) is 0 Å². The van der Waals surface area contributed by atoms with Gasteiger partial charge in [-0.15, -0.1) is 0 Å². The molecule has 1 N–H and O–H groups in total. The van der Waals surface area contributed by atoms with E-state index in [4.69, 9.17) is 0 Å². The molecule has 0 aromatic heterocycles. The molecule has 14 heavy (non-hydrogen) atoms. The van der Waals surface area contributed by atoms with Crippen LogP contribution in [-0.4, -0.2) is 38.0 Å².